The first kappa shape index (κ1) is 12.8. The van der Waals surface area contributed by atoms with Gasteiger partial charge in [-0.3, -0.25) is 0 Å². The Labute approximate surface area is 120 Å². The van der Waals surface area contributed by atoms with Crippen molar-refractivity contribution in [2.24, 2.45) is 0 Å². The van der Waals surface area contributed by atoms with Crippen LogP contribution in [0.5, 0.6) is 0 Å². The highest BCUT2D eigenvalue weighted by molar-refractivity contribution is 9.10. The molecule has 0 bridgehead atoms. The van der Waals surface area contributed by atoms with Gasteiger partial charge in [-0.25, -0.2) is 0 Å². The van der Waals surface area contributed by atoms with Crippen molar-refractivity contribution < 1.29 is 4.74 Å². The number of halogens is 1. The van der Waals surface area contributed by atoms with Crippen LogP contribution in [0.2, 0.25) is 0 Å². The molecule has 0 N–H and O–H groups in total. The van der Waals surface area contributed by atoms with Crippen molar-refractivity contribution in [2.45, 2.75) is 26.0 Å². The van der Waals surface area contributed by atoms with Crippen LogP contribution in [0.15, 0.2) is 28.9 Å². The van der Waals surface area contributed by atoms with Crippen LogP contribution in [-0.4, -0.2) is 35.5 Å². The molecule has 1 aliphatic rings. The van der Waals surface area contributed by atoms with Crippen LogP contribution in [0.3, 0.4) is 0 Å². The van der Waals surface area contributed by atoms with Gasteiger partial charge >= 0.3 is 0 Å². The molecule has 0 radical (unpaired) electrons. The van der Waals surface area contributed by atoms with E-state index in [1.165, 1.54) is 0 Å². The first-order chi connectivity index (χ1) is 9.15. The second kappa shape index (κ2) is 5.06. The molecule has 1 aromatic heterocycles. The normalized spacial score (nSPS) is 23.8. The summed E-state index contributed by atoms with van der Waals surface area (Å²) in [6, 6.07) is 6.53. The molecule has 2 atom stereocenters. The maximum absolute atomic E-state index is 5.68. The van der Waals surface area contributed by atoms with Gasteiger partial charge in [0.15, 0.2) is 5.82 Å². The van der Waals surface area contributed by atoms with E-state index in [0.29, 0.717) is 6.04 Å². The quantitative estimate of drug-likeness (QED) is 0.809. The van der Waals surface area contributed by atoms with Crippen molar-refractivity contribution in [3.05, 3.63) is 28.9 Å². The van der Waals surface area contributed by atoms with E-state index >= 15 is 0 Å². The summed E-state index contributed by atoms with van der Waals surface area (Å²) < 4.78 is 6.73. The topological polar surface area (TPSA) is 38.2 Å². The molecule has 0 unspecified atom stereocenters. The standard InChI is InChI=1S/C14H16BrN3O/c1-9-8-19-10(2)7-18(9)14-13-4-3-12(15)5-11(13)6-16-17-14/h3-6,9-10H,7-8H2,1-2H3/t9-,10-/m1/s1. The third-order valence-electron chi connectivity index (χ3n) is 3.48. The largest absolute Gasteiger partial charge is 0.375 e. The molecule has 0 aliphatic carbocycles. The highest BCUT2D eigenvalue weighted by atomic mass is 79.9. The number of anilines is 1. The number of ether oxygens (including phenoxy) is 1. The van der Waals surface area contributed by atoms with Crippen LogP contribution in [0.1, 0.15) is 13.8 Å². The van der Waals surface area contributed by atoms with Crippen LogP contribution in [0.4, 0.5) is 5.82 Å². The Balaban J connectivity index is 2.09. The Hall–Kier alpha value is -1.20. The maximum atomic E-state index is 5.68. The van der Waals surface area contributed by atoms with E-state index in [2.05, 4.69) is 57.0 Å². The number of nitrogens with zero attached hydrogens (tertiary/aromatic N) is 3. The van der Waals surface area contributed by atoms with Gasteiger partial charge in [-0.2, -0.15) is 5.10 Å². The predicted octanol–water partition coefficient (Wildman–Crippen LogP) is 3.01. The summed E-state index contributed by atoms with van der Waals surface area (Å²) in [5.74, 6) is 0.952. The summed E-state index contributed by atoms with van der Waals surface area (Å²) in [7, 11) is 0. The monoisotopic (exact) mass is 321 g/mol. The number of rotatable bonds is 1. The molecule has 2 aromatic rings. The van der Waals surface area contributed by atoms with Crippen LogP contribution in [0.25, 0.3) is 10.8 Å². The van der Waals surface area contributed by atoms with E-state index in [-0.39, 0.29) is 6.10 Å². The van der Waals surface area contributed by atoms with Crippen LogP contribution in [-0.2, 0) is 4.74 Å². The molecule has 1 aliphatic heterocycles. The molecule has 5 heteroatoms. The molecule has 4 nitrogen and oxygen atoms in total. The van der Waals surface area contributed by atoms with E-state index in [0.717, 1.165) is 34.2 Å². The predicted molar refractivity (Wildman–Crippen MR) is 79.5 cm³/mol. The molecule has 3 rings (SSSR count). The smallest absolute Gasteiger partial charge is 0.159 e. The second-order valence-electron chi connectivity index (χ2n) is 5.05. The van der Waals surface area contributed by atoms with Gasteiger partial charge in [0.1, 0.15) is 0 Å². The minimum Gasteiger partial charge on any atom is -0.375 e. The highest BCUT2D eigenvalue weighted by Crippen LogP contribution is 2.28. The van der Waals surface area contributed by atoms with Gasteiger partial charge in [0, 0.05) is 21.8 Å². The average molecular weight is 322 g/mol. The zero-order chi connectivity index (χ0) is 13.4. The van der Waals surface area contributed by atoms with Gasteiger partial charge in [0.05, 0.1) is 24.9 Å². The zero-order valence-electron chi connectivity index (χ0n) is 11.0. The molecule has 1 aromatic carbocycles. The van der Waals surface area contributed by atoms with E-state index in [1.807, 2.05) is 6.07 Å². The fourth-order valence-electron chi connectivity index (χ4n) is 2.45. The van der Waals surface area contributed by atoms with Gasteiger partial charge in [0.25, 0.3) is 0 Å². The first-order valence-corrected chi connectivity index (χ1v) is 7.23. The SMILES string of the molecule is C[C@@H]1CN(c2nncc3cc(Br)ccc23)[C@H](C)CO1. The maximum Gasteiger partial charge on any atom is 0.159 e. The Morgan fingerprint density at radius 2 is 2.21 bits per heavy atom. The lowest BCUT2D eigenvalue weighted by Crippen LogP contribution is -2.48. The van der Waals surface area contributed by atoms with Gasteiger partial charge in [-0.05, 0) is 32.0 Å². The minimum absolute atomic E-state index is 0.226. The highest BCUT2D eigenvalue weighted by Gasteiger charge is 2.26. The number of morpholine rings is 1. The van der Waals surface area contributed by atoms with Crippen LogP contribution < -0.4 is 4.90 Å². The molecule has 0 saturated carbocycles. The van der Waals surface area contributed by atoms with E-state index in [1.54, 1.807) is 6.20 Å². The van der Waals surface area contributed by atoms with E-state index in [9.17, 15) is 0 Å². The Morgan fingerprint density at radius 3 is 3.05 bits per heavy atom. The summed E-state index contributed by atoms with van der Waals surface area (Å²) in [6.07, 6.45) is 2.03. The summed E-state index contributed by atoms with van der Waals surface area (Å²) in [6.45, 7) is 5.83. The molecule has 1 fully saturated rings. The molecule has 1 saturated heterocycles. The van der Waals surface area contributed by atoms with Gasteiger partial charge < -0.3 is 9.64 Å². The van der Waals surface area contributed by atoms with Crippen molar-refractivity contribution >= 4 is 32.5 Å². The zero-order valence-corrected chi connectivity index (χ0v) is 12.6. The van der Waals surface area contributed by atoms with E-state index < -0.39 is 0 Å². The number of aromatic nitrogens is 2. The van der Waals surface area contributed by atoms with E-state index in [4.69, 9.17) is 4.74 Å². The summed E-state index contributed by atoms with van der Waals surface area (Å²) in [4.78, 5) is 2.29. The minimum atomic E-state index is 0.226. The molecule has 0 spiro atoms. The van der Waals surface area contributed by atoms with Gasteiger partial charge in [0.2, 0.25) is 0 Å². The number of hydrogen-bond donors (Lipinski definition) is 0. The Bertz CT molecular complexity index is 604. The molecule has 2 heterocycles. The lowest BCUT2D eigenvalue weighted by Gasteiger charge is -2.37. The summed E-state index contributed by atoms with van der Waals surface area (Å²) >= 11 is 3.49. The Kier molecular flexibility index (Phi) is 3.41. The fraction of sp³-hybridized carbons (Fsp3) is 0.429. The van der Waals surface area contributed by atoms with Crippen LogP contribution >= 0.6 is 15.9 Å². The second-order valence-corrected chi connectivity index (χ2v) is 5.96. The number of fused-ring (bicyclic) bond motifs is 1. The Morgan fingerprint density at radius 1 is 1.37 bits per heavy atom. The van der Waals surface area contributed by atoms with Gasteiger partial charge in [-0.15, -0.1) is 5.10 Å². The summed E-state index contributed by atoms with van der Waals surface area (Å²) in [5.41, 5.74) is 0. The van der Waals surface area contributed by atoms with Crippen molar-refractivity contribution in [3.63, 3.8) is 0 Å². The van der Waals surface area contributed by atoms with Crippen molar-refractivity contribution in [2.75, 3.05) is 18.1 Å². The fourth-order valence-corrected chi connectivity index (χ4v) is 2.83. The lowest BCUT2D eigenvalue weighted by atomic mass is 10.1. The molecule has 0 amide bonds. The van der Waals surface area contributed by atoms with Crippen molar-refractivity contribution in [3.8, 4) is 0 Å². The first-order valence-electron chi connectivity index (χ1n) is 6.44. The van der Waals surface area contributed by atoms with Crippen LogP contribution in [0, 0.1) is 0 Å². The number of benzene rings is 1. The lowest BCUT2D eigenvalue weighted by molar-refractivity contribution is 0.0341. The molecular weight excluding hydrogens is 306 g/mol. The van der Waals surface area contributed by atoms with Crippen molar-refractivity contribution in [1.29, 1.82) is 0 Å². The van der Waals surface area contributed by atoms with Gasteiger partial charge in [-0.1, -0.05) is 15.9 Å². The molecular formula is C14H16BrN3O. The molecule has 100 valence electrons. The summed E-state index contributed by atoms with van der Waals surface area (Å²) in [5, 5.41) is 10.7. The third kappa shape index (κ3) is 2.44. The average Bonchev–Trinajstić information content (AvgIpc) is 2.40. The molecule has 19 heavy (non-hydrogen) atoms. The third-order valence-corrected chi connectivity index (χ3v) is 3.98. The number of hydrogen-bond acceptors (Lipinski definition) is 4. The van der Waals surface area contributed by atoms with Crippen molar-refractivity contribution in [1.82, 2.24) is 10.2 Å².